The van der Waals surface area contributed by atoms with E-state index in [0.29, 0.717) is 27.8 Å². The van der Waals surface area contributed by atoms with Crippen molar-refractivity contribution in [2.24, 2.45) is 0 Å². The summed E-state index contributed by atoms with van der Waals surface area (Å²) >= 11 is 3.23. The van der Waals surface area contributed by atoms with Gasteiger partial charge in [0.1, 0.15) is 12.4 Å². The van der Waals surface area contributed by atoms with Crippen molar-refractivity contribution < 1.29 is 18.4 Å². The van der Waals surface area contributed by atoms with Gasteiger partial charge in [-0.05, 0) is 25.1 Å². The van der Waals surface area contributed by atoms with Crippen molar-refractivity contribution in [3.05, 3.63) is 46.2 Å². The Hall–Kier alpha value is -2.75. The molecule has 1 aliphatic heterocycles. The molecule has 0 saturated carbocycles. The zero-order valence-corrected chi connectivity index (χ0v) is 19.1. The van der Waals surface area contributed by atoms with Gasteiger partial charge in [0.2, 0.25) is 11.8 Å². The SMILES string of the molecule is Cc1c(Oc2ccc(Br)cc2F)ncnc1OC1CCN(c2nc(C(C)C)no2)CC1. The molecule has 1 aliphatic rings. The van der Waals surface area contributed by atoms with Gasteiger partial charge in [-0.25, -0.2) is 14.4 Å². The number of nitrogens with zero attached hydrogens (tertiary/aromatic N) is 5. The van der Waals surface area contributed by atoms with E-state index in [9.17, 15) is 4.39 Å². The smallest absolute Gasteiger partial charge is 0.324 e. The van der Waals surface area contributed by atoms with Gasteiger partial charge in [0.25, 0.3) is 0 Å². The third kappa shape index (κ3) is 4.95. The van der Waals surface area contributed by atoms with Gasteiger partial charge in [-0.15, -0.1) is 0 Å². The van der Waals surface area contributed by atoms with E-state index in [2.05, 4.69) is 40.9 Å². The predicted octanol–water partition coefficient (Wildman–Crippen LogP) is 5.03. The van der Waals surface area contributed by atoms with Crippen LogP contribution in [0.1, 0.15) is 44.0 Å². The van der Waals surface area contributed by atoms with E-state index >= 15 is 0 Å². The molecule has 0 bridgehead atoms. The monoisotopic (exact) mass is 491 g/mol. The van der Waals surface area contributed by atoms with Crippen LogP contribution in [0.2, 0.25) is 0 Å². The average Bonchev–Trinajstić information content (AvgIpc) is 3.24. The molecule has 1 aromatic carbocycles. The maximum atomic E-state index is 14.1. The first-order valence-corrected chi connectivity index (χ1v) is 10.9. The lowest BCUT2D eigenvalue weighted by Crippen LogP contribution is -2.38. The van der Waals surface area contributed by atoms with Crippen LogP contribution in [0.5, 0.6) is 17.5 Å². The van der Waals surface area contributed by atoms with Crippen LogP contribution in [0.25, 0.3) is 0 Å². The van der Waals surface area contributed by atoms with Crippen molar-refractivity contribution in [2.45, 2.75) is 45.6 Å². The van der Waals surface area contributed by atoms with Gasteiger partial charge in [-0.1, -0.05) is 34.9 Å². The Morgan fingerprint density at radius 1 is 1.19 bits per heavy atom. The highest BCUT2D eigenvalue weighted by atomic mass is 79.9. The normalized spacial score (nSPS) is 14.8. The molecule has 31 heavy (non-hydrogen) atoms. The van der Waals surface area contributed by atoms with Crippen molar-refractivity contribution >= 4 is 21.9 Å². The fraction of sp³-hybridized carbons (Fsp3) is 0.429. The van der Waals surface area contributed by atoms with Crippen molar-refractivity contribution in [3.63, 3.8) is 0 Å². The predicted molar refractivity (Wildman–Crippen MR) is 115 cm³/mol. The molecule has 0 N–H and O–H groups in total. The molecule has 0 radical (unpaired) electrons. The second-order valence-electron chi connectivity index (χ2n) is 7.68. The molecule has 4 rings (SSSR count). The molecule has 2 aromatic heterocycles. The highest BCUT2D eigenvalue weighted by Gasteiger charge is 2.26. The summed E-state index contributed by atoms with van der Waals surface area (Å²) in [6.45, 7) is 7.33. The molecule has 0 amide bonds. The minimum absolute atomic E-state index is 0.0189. The summed E-state index contributed by atoms with van der Waals surface area (Å²) in [5.41, 5.74) is 0.616. The van der Waals surface area contributed by atoms with Crippen LogP contribution in [0.15, 0.2) is 33.5 Å². The van der Waals surface area contributed by atoms with Gasteiger partial charge >= 0.3 is 6.01 Å². The lowest BCUT2D eigenvalue weighted by atomic mass is 10.1. The highest BCUT2D eigenvalue weighted by Crippen LogP contribution is 2.31. The maximum absolute atomic E-state index is 14.1. The molecule has 1 fully saturated rings. The molecular weight excluding hydrogens is 469 g/mol. The van der Waals surface area contributed by atoms with E-state index in [4.69, 9.17) is 14.0 Å². The van der Waals surface area contributed by atoms with Crippen molar-refractivity contribution in [1.29, 1.82) is 0 Å². The van der Waals surface area contributed by atoms with Crippen LogP contribution in [-0.2, 0) is 0 Å². The summed E-state index contributed by atoms with van der Waals surface area (Å²) in [7, 11) is 0. The Morgan fingerprint density at radius 2 is 1.94 bits per heavy atom. The Bertz CT molecular complexity index is 1050. The van der Waals surface area contributed by atoms with Crippen molar-refractivity contribution in [1.82, 2.24) is 20.1 Å². The zero-order chi connectivity index (χ0) is 22.0. The quantitative estimate of drug-likeness (QED) is 0.474. The van der Waals surface area contributed by atoms with Crippen LogP contribution >= 0.6 is 15.9 Å². The van der Waals surface area contributed by atoms with Crippen LogP contribution in [0.4, 0.5) is 10.4 Å². The average molecular weight is 492 g/mol. The van der Waals surface area contributed by atoms with Gasteiger partial charge in [0.15, 0.2) is 17.4 Å². The van der Waals surface area contributed by atoms with Crippen LogP contribution in [-0.4, -0.2) is 39.3 Å². The second-order valence-corrected chi connectivity index (χ2v) is 8.60. The standard InChI is InChI=1S/C21H23BrFN5O3/c1-12(2)18-26-21(31-27-18)28-8-6-15(7-9-28)29-19-13(3)20(25-11-24-19)30-17-5-4-14(22)10-16(17)23/h4-5,10-12,15H,6-9H2,1-3H3. The number of benzene rings is 1. The molecule has 8 nitrogen and oxygen atoms in total. The first-order valence-electron chi connectivity index (χ1n) is 10.1. The van der Waals surface area contributed by atoms with Gasteiger partial charge in [0.05, 0.1) is 5.56 Å². The molecule has 10 heteroatoms. The number of piperidine rings is 1. The topological polar surface area (TPSA) is 86.4 Å². The van der Waals surface area contributed by atoms with Crippen LogP contribution < -0.4 is 14.4 Å². The molecular formula is C21H23BrFN5O3. The van der Waals surface area contributed by atoms with Gasteiger partial charge < -0.3 is 18.9 Å². The molecule has 0 unspecified atom stereocenters. The molecule has 3 heterocycles. The highest BCUT2D eigenvalue weighted by molar-refractivity contribution is 9.10. The van der Waals surface area contributed by atoms with E-state index in [1.807, 2.05) is 13.8 Å². The lowest BCUT2D eigenvalue weighted by molar-refractivity contribution is 0.159. The van der Waals surface area contributed by atoms with Crippen molar-refractivity contribution in [2.75, 3.05) is 18.0 Å². The number of hydrogen-bond acceptors (Lipinski definition) is 8. The van der Waals surface area contributed by atoms with Crippen molar-refractivity contribution in [3.8, 4) is 17.5 Å². The first kappa shape index (κ1) is 21.5. The van der Waals surface area contributed by atoms with E-state index in [-0.39, 0.29) is 23.7 Å². The summed E-state index contributed by atoms with van der Waals surface area (Å²) < 4.78 is 31.9. The van der Waals surface area contributed by atoms with Crippen LogP contribution in [0.3, 0.4) is 0 Å². The van der Waals surface area contributed by atoms with E-state index in [0.717, 1.165) is 25.9 Å². The molecule has 0 spiro atoms. The first-order chi connectivity index (χ1) is 14.9. The van der Waals surface area contributed by atoms with Gasteiger partial charge in [-0.2, -0.15) is 4.98 Å². The zero-order valence-electron chi connectivity index (χ0n) is 17.5. The Balaban J connectivity index is 1.39. The summed E-state index contributed by atoms with van der Waals surface area (Å²) in [6, 6.07) is 5.13. The number of halogens is 2. The second kappa shape index (κ2) is 9.17. The number of hydrogen-bond donors (Lipinski definition) is 0. The number of anilines is 1. The van der Waals surface area contributed by atoms with E-state index in [1.54, 1.807) is 19.1 Å². The fourth-order valence-electron chi connectivity index (χ4n) is 3.21. The third-order valence-corrected chi connectivity index (χ3v) is 5.52. The van der Waals surface area contributed by atoms with Gasteiger partial charge in [0, 0.05) is 36.3 Å². The maximum Gasteiger partial charge on any atom is 0.324 e. The Morgan fingerprint density at radius 3 is 2.61 bits per heavy atom. The minimum Gasteiger partial charge on any atom is -0.474 e. The van der Waals surface area contributed by atoms with E-state index < -0.39 is 5.82 Å². The van der Waals surface area contributed by atoms with E-state index in [1.165, 1.54) is 12.4 Å². The molecule has 0 atom stereocenters. The molecule has 3 aromatic rings. The molecule has 164 valence electrons. The Kier molecular flexibility index (Phi) is 6.35. The molecule has 1 saturated heterocycles. The largest absolute Gasteiger partial charge is 0.474 e. The number of ether oxygens (including phenoxy) is 2. The Labute approximate surface area is 187 Å². The fourth-order valence-corrected chi connectivity index (χ4v) is 3.55. The summed E-state index contributed by atoms with van der Waals surface area (Å²) in [6.07, 6.45) is 2.89. The number of rotatable bonds is 6. The number of aromatic nitrogens is 4. The summed E-state index contributed by atoms with van der Waals surface area (Å²) in [5, 5.41) is 4.03. The summed E-state index contributed by atoms with van der Waals surface area (Å²) in [5.74, 6) is 1.23. The third-order valence-electron chi connectivity index (χ3n) is 5.03. The van der Waals surface area contributed by atoms with Crippen LogP contribution in [0, 0.1) is 12.7 Å². The minimum atomic E-state index is -0.483. The summed E-state index contributed by atoms with van der Waals surface area (Å²) in [4.78, 5) is 14.9. The van der Waals surface area contributed by atoms with Gasteiger partial charge in [-0.3, -0.25) is 0 Å². The lowest BCUT2D eigenvalue weighted by Gasteiger charge is -2.30. The molecule has 0 aliphatic carbocycles.